The van der Waals surface area contributed by atoms with Gasteiger partial charge in [0.15, 0.2) is 0 Å². The van der Waals surface area contributed by atoms with Gasteiger partial charge in [0, 0.05) is 0 Å². The van der Waals surface area contributed by atoms with Crippen LogP contribution in [0.25, 0.3) is 0 Å². The highest BCUT2D eigenvalue weighted by Gasteiger charge is 1.92. The molecule has 0 aliphatic rings. The minimum absolute atomic E-state index is 0.869. The Balaban J connectivity index is 0.000000317. The molecule has 0 fully saturated rings. The summed E-state index contributed by atoms with van der Waals surface area (Å²) in [5, 5.41) is 0. The minimum atomic E-state index is 0.869. The van der Waals surface area contributed by atoms with Gasteiger partial charge in [-0.1, -0.05) is 42.0 Å². The van der Waals surface area contributed by atoms with Crippen LogP contribution in [0.15, 0.2) is 72.8 Å². The van der Waals surface area contributed by atoms with Crippen molar-refractivity contribution in [2.24, 2.45) is 0 Å². The number of ether oxygens (including phenoxy) is 1. The molecular formula is C16H18O. The molecule has 2 aromatic carbocycles. The molecule has 0 amide bonds. The molecular weight excluding hydrogens is 208 g/mol. The summed E-state index contributed by atoms with van der Waals surface area (Å²) in [6.07, 6.45) is 0. The largest absolute Gasteiger partial charge is 0.457 e. The van der Waals surface area contributed by atoms with Gasteiger partial charge in [0.05, 0.1) is 0 Å². The number of para-hydroxylation sites is 2. The zero-order valence-corrected chi connectivity index (χ0v) is 10.4. The second-order valence-electron chi connectivity index (χ2n) is 3.94. The molecule has 2 aromatic rings. The maximum atomic E-state index is 5.58. The second kappa shape index (κ2) is 7.29. The summed E-state index contributed by atoms with van der Waals surface area (Å²) in [6, 6.07) is 19.5. The Morgan fingerprint density at radius 1 is 0.765 bits per heavy atom. The van der Waals surface area contributed by atoms with Crippen molar-refractivity contribution in [1.82, 2.24) is 0 Å². The quantitative estimate of drug-likeness (QED) is 0.650. The molecule has 0 aromatic heterocycles. The van der Waals surface area contributed by atoms with Crippen LogP contribution >= 0.6 is 0 Å². The minimum Gasteiger partial charge on any atom is -0.457 e. The molecule has 0 radical (unpaired) electrons. The Hall–Kier alpha value is -2.02. The van der Waals surface area contributed by atoms with E-state index in [0.717, 1.165) is 11.5 Å². The second-order valence-corrected chi connectivity index (χ2v) is 3.94. The zero-order valence-electron chi connectivity index (χ0n) is 10.4. The maximum absolute atomic E-state index is 5.58. The Labute approximate surface area is 103 Å². The molecule has 0 unspecified atom stereocenters. The van der Waals surface area contributed by atoms with Crippen molar-refractivity contribution in [1.29, 1.82) is 0 Å². The molecule has 0 saturated carbocycles. The van der Waals surface area contributed by atoms with Gasteiger partial charge in [-0.2, -0.15) is 0 Å². The van der Waals surface area contributed by atoms with Crippen LogP contribution in [0.1, 0.15) is 13.8 Å². The molecule has 0 N–H and O–H groups in total. The van der Waals surface area contributed by atoms with E-state index >= 15 is 0 Å². The van der Waals surface area contributed by atoms with E-state index in [1.807, 2.05) is 74.5 Å². The molecule has 1 heteroatoms. The Morgan fingerprint density at radius 3 is 1.35 bits per heavy atom. The van der Waals surface area contributed by atoms with Crippen molar-refractivity contribution in [2.75, 3.05) is 0 Å². The third-order valence-corrected chi connectivity index (χ3v) is 1.72. The lowest BCUT2D eigenvalue weighted by Crippen LogP contribution is -1.81. The number of allylic oxidation sites excluding steroid dienone is 1. The predicted molar refractivity (Wildman–Crippen MR) is 73.4 cm³/mol. The smallest absolute Gasteiger partial charge is 0.127 e. The Bertz CT molecular complexity index is 390. The van der Waals surface area contributed by atoms with Gasteiger partial charge in [-0.25, -0.2) is 0 Å². The average molecular weight is 226 g/mol. The summed E-state index contributed by atoms with van der Waals surface area (Å²) >= 11 is 0. The fraction of sp³-hybridized carbons (Fsp3) is 0.125. The summed E-state index contributed by atoms with van der Waals surface area (Å²) in [6.45, 7) is 7.50. The summed E-state index contributed by atoms with van der Waals surface area (Å²) in [7, 11) is 0. The molecule has 0 heterocycles. The van der Waals surface area contributed by atoms with Crippen LogP contribution in [-0.2, 0) is 0 Å². The van der Waals surface area contributed by atoms with Crippen LogP contribution in [0, 0.1) is 0 Å². The monoisotopic (exact) mass is 226 g/mol. The van der Waals surface area contributed by atoms with E-state index in [2.05, 4.69) is 6.58 Å². The molecule has 1 nitrogen and oxygen atoms in total. The van der Waals surface area contributed by atoms with E-state index in [1.165, 1.54) is 5.57 Å². The SMILES string of the molecule is C=C(C)C.c1ccc(Oc2ccccc2)cc1. The van der Waals surface area contributed by atoms with Gasteiger partial charge >= 0.3 is 0 Å². The molecule has 88 valence electrons. The van der Waals surface area contributed by atoms with Crippen molar-refractivity contribution in [3.63, 3.8) is 0 Å². The van der Waals surface area contributed by atoms with Crippen LogP contribution in [0.4, 0.5) is 0 Å². The van der Waals surface area contributed by atoms with Crippen molar-refractivity contribution in [2.45, 2.75) is 13.8 Å². The molecule has 0 spiro atoms. The molecule has 0 aliphatic carbocycles. The number of hydrogen-bond donors (Lipinski definition) is 0. The van der Waals surface area contributed by atoms with Gasteiger partial charge in [-0.05, 0) is 38.1 Å². The van der Waals surface area contributed by atoms with Gasteiger partial charge < -0.3 is 4.74 Å². The fourth-order valence-corrected chi connectivity index (χ4v) is 1.11. The summed E-state index contributed by atoms with van der Waals surface area (Å²) in [5.74, 6) is 1.74. The van der Waals surface area contributed by atoms with E-state index < -0.39 is 0 Å². The summed E-state index contributed by atoms with van der Waals surface area (Å²) in [4.78, 5) is 0. The van der Waals surface area contributed by atoms with E-state index in [4.69, 9.17) is 4.74 Å². The Kier molecular flexibility index (Phi) is 5.59. The van der Waals surface area contributed by atoms with E-state index in [0.29, 0.717) is 0 Å². The molecule has 17 heavy (non-hydrogen) atoms. The van der Waals surface area contributed by atoms with Crippen molar-refractivity contribution < 1.29 is 4.74 Å². The lowest BCUT2D eigenvalue weighted by atomic mass is 10.3. The van der Waals surface area contributed by atoms with Gasteiger partial charge in [0.1, 0.15) is 11.5 Å². The van der Waals surface area contributed by atoms with Crippen LogP contribution in [0.2, 0.25) is 0 Å². The highest BCUT2D eigenvalue weighted by atomic mass is 16.5. The molecule has 0 atom stereocenters. The third kappa shape index (κ3) is 6.21. The molecule has 0 saturated heterocycles. The maximum Gasteiger partial charge on any atom is 0.127 e. The number of hydrogen-bond acceptors (Lipinski definition) is 1. The average Bonchev–Trinajstić information content (AvgIpc) is 2.31. The summed E-state index contributed by atoms with van der Waals surface area (Å²) in [5.41, 5.74) is 1.17. The zero-order chi connectivity index (χ0) is 12.5. The van der Waals surface area contributed by atoms with Crippen LogP contribution < -0.4 is 4.74 Å². The Morgan fingerprint density at radius 2 is 1.06 bits per heavy atom. The van der Waals surface area contributed by atoms with Crippen molar-refractivity contribution in [3.8, 4) is 11.5 Å². The number of rotatable bonds is 2. The van der Waals surface area contributed by atoms with Crippen LogP contribution in [0.3, 0.4) is 0 Å². The van der Waals surface area contributed by atoms with Gasteiger partial charge in [0.2, 0.25) is 0 Å². The van der Waals surface area contributed by atoms with E-state index in [9.17, 15) is 0 Å². The standard InChI is InChI=1S/C12H10O.C4H8/c1-3-7-11(8-4-1)13-12-9-5-2-6-10-12;1-4(2)3/h1-10H;1H2,2-3H3. The lowest BCUT2D eigenvalue weighted by Gasteiger charge is -2.03. The first-order valence-electron chi connectivity index (χ1n) is 5.58. The van der Waals surface area contributed by atoms with Crippen LogP contribution in [-0.4, -0.2) is 0 Å². The fourth-order valence-electron chi connectivity index (χ4n) is 1.11. The van der Waals surface area contributed by atoms with Crippen LogP contribution in [0.5, 0.6) is 11.5 Å². The van der Waals surface area contributed by atoms with E-state index in [-0.39, 0.29) is 0 Å². The van der Waals surface area contributed by atoms with Gasteiger partial charge in [-0.3, -0.25) is 0 Å². The first kappa shape index (κ1) is 13.0. The highest BCUT2D eigenvalue weighted by molar-refractivity contribution is 5.30. The number of benzene rings is 2. The normalized spacial score (nSPS) is 8.82. The molecule has 0 aliphatic heterocycles. The van der Waals surface area contributed by atoms with Gasteiger partial charge in [0.25, 0.3) is 0 Å². The van der Waals surface area contributed by atoms with Gasteiger partial charge in [-0.15, -0.1) is 6.58 Å². The molecule has 0 bridgehead atoms. The lowest BCUT2D eigenvalue weighted by molar-refractivity contribution is 0.482. The van der Waals surface area contributed by atoms with E-state index in [1.54, 1.807) is 0 Å². The highest BCUT2D eigenvalue weighted by Crippen LogP contribution is 2.19. The first-order chi connectivity index (χ1) is 8.18. The summed E-state index contributed by atoms with van der Waals surface area (Å²) < 4.78 is 5.58. The topological polar surface area (TPSA) is 9.23 Å². The van der Waals surface area contributed by atoms with Crippen molar-refractivity contribution in [3.05, 3.63) is 72.8 Å². The predicted octanol–water partition coefficient (Wildman–Crippen LogP) is 5.06. The third-order valence-electron chi connectivity index (χ3n) is 1.72. The molecule has 2 rings (SSSR count). The van der Waals surface area contributed by atoms with Crippen molar-refractivity contribution >= 4 is 0 Å². The first-order valence-corrected chi connectivity index (χ1v) is 5.58.